The standard InChI is InChI=1S/C52H52N4O.Pt/c1-33(2)40-23-17-24-41(34(3)4)47(40)48-49(35-18-12-11-13-19-35)54-56(50(48)52(8,9)10)37-20-16-21-38(31-37)57-39-26-27-43-42-22-14-15-25-44(42)55(45(43)32-39)46-30-36(28-29-53-46)51(5,6)7;/h11-30,33-34H,1-10H3;/q-2;+2. The van der Waals surface area contributed by atoms with Crippen LogP contribution in [0, 0.1) is 12.1 Å². The van der Waals surface area contributed by atoms with Gasteiger partial charge in [0, 0.05) is 39.8 Å². The molecule has 0 aliphatic carbocycles. The first-order valence-corrected chi connectivity index (χ1v) is 20.2. The van der Waals surface area contributed by atoms with Crippen molar-refractivity contribution in [3.05, 3.63) is 156 Å². The predicted octanol–water partition coefficient (Wildman–Crippen LogP) is 13.9. The molecule has 296 valence electrons. The van der Waals surface area contributed by atoms with Crippen LogP contribution in [0.25, 0.3) is 55.7 Å². The zero-order chi connectivity index (χ0) is 40.2. The summed E-state index contributed by atoms with van der Waals surface area (Å²) in [6, 6.07) is 47.5. The predicted molar refractivity (Wildman–Crippen MR) is 236 cm³/mol. The Hall–Kier alpha value is -5.25. The van der Waals surface area contributed by atoms with Crippen LogP contribution in [0.3, 0.4) is 0 Å². The van der Waals surface area contributed by atoms with Crippen molar-refractivity contribution in [2.75, 3.05) is 0 Å². The minimum absolute atomic E-state index is 0. The number of ether oxygens (including phenoxy) is 1. The summed E-state index contributed by atoms with van der Waals surface area (Å²) >= 11 is 0. The summed E-state index contributed by atoms with van der Waals surface area (Å²) in [4.78, 5) is 4.85. The molecule has 0 radical (unpaired) electrons. The Morgan fingerprint density at radius 1 is 0.621 bits per heavy atom. The van der Waals surface area contributed by atoms with Crippen LogP contribution >= 0.6 is 0 Å². The van der Waals surface area contributed by atoms with E-state index in [9.17, 15) is 0 Å². The molecule has 0 unspecified atom stereocenters. The monoisotopic (exact) mass is 943 g/mol. The quantitative estimate of drug-likeness (QED) is 0.143. The number of pyridine rings is 1. The number of nitrogens with zero attached hydrogens (tertiary/aromatic N) is 4. The number of hydrogen-bond acceptors (Lipinski definition) is 3. The number of benzene rings is 5. The Morgan fingerprint density at radius 2 is 1.28 bits per heavy atom. The third kappa shape index (κ3) is 7.58. The van der Waals surface area contributed by atoms with Crippen LogP contribution in [0.5, 0.6) is 11.5 Å². The number of aromatic nitrogens is 4. The van der Waals surface area contributed by atoms with Gasteiger partial charge in [0.25, 0.3) is 0 Å². The summed E-state index contributed by atoms with van der Waals surface area (Å²) in [5.41, 5.74) is 12.0. The Labute approximate surface area is 358 Å². The van der Waals surface area contributed by atoms with Gasteiger partial charge in [0.15, 0.2) is 0 Å². The van der Waals surface area contributed by atoms with Crippen molar-refractivity contribution in [2.24, 2.45) is 0 Å². The van der Waals surface area contributed by atoms with Crippen LogP contribution in [0.1, 0.15) is 103 Å². The molecule has 58 heavy (non-hydrogen) atoms. The first-order valence-electron chi connectivity index (χ1n) is 20.2. The van der Waals surface area contributed by atoms with E-state index in [4.69, 9.17) is 14.8 Å². The van der Waals surface area contributed by atoms with Gasteiger partial charge in [-0.25, -0.2) is 4.98 Å². The number of fused-ring (bicyclic) bond motifs is 3. The van der Waals surface area contributed by atoms with Crippen LogP contribution in [0.2, 0.25) is 0 Å². The third-order valence-corrected chi connectivity index (χ3v) is 10.9. The molecule has 0 aliphatic heterocycles. The smallest absolute Gasteiger partial charge is 0.509 e. The Kier molecular flexibility index (Phi) is 11.2. The molecule has 8 aromatic rings. The second-order valence-corrected chi connectivity index (χ2v) is 17.8. The van der Waals surface area contributed by atoms with Gasteiger partial charge in [-0.2, -0.15) is 17.2 Å². The minimum atomic E-state index is -0.275. The maximum absolute atomic E-state index is 6.66. The van der Waals surface area contributed by atoms with E-state index in [1.165, 1.54) is 27.8 Å². The van der Waals surface area contributed by atoms with Crippen LogP contribution in [0.15, 0.2) is 121 Å². The summed E-state index contributed by atoms with van der Waals surface area (Å²) in [5.74, 6) is 2.69. The van der Waals surface area contributed by atoms with E-state index in [-0.39, 0.29) is 31.9 Å². The fourth-order valence-electron chi connectivity index (χ4n) is 8.08. The van der Waals surface area contributed by atoms with E-state index in [0.29, 0.717) is 23.3 Å². The molecule has 8 rings (SSSR count). The first-order chi connectivity index (χ1) is 27.2. The second-order valence-electron chi connectivity index (χ2n) is 17.8. The molecule has 0 aliphatic rings. The van der Waals surface area contributed by atoms with Gasteiger partial charge in [0.05, 0.1) is 5.69 Å². The van der Waals surface area contributed by atoms with Crippen molar-refractivity contribution in [3.8, 4) is 45.4 Å². The topological polar surface area (TPSA) is 44.9 Å². The number of para-hydroxylation sites is 1. The molecule has 0 saturated heterocycles. The fourth-order valence-corrected chi connectivity index (χ4v) is 8.08. The molecule has 0 saturated carbocycles. The molecule has 5 nitrogen and oxygen atoms in total. The SMILES string of the molecule is CC(C)c1cccc(C(C)C)c1-c1c(-c2ccccc2)nn(-c2[c-]c(Oc3[c-]c4c(cc3)c3ccccc3n4-c3cc(C(C)(C)C)ccn3)ccc2)c1C(C)(C)C.[Pt+2]. The maximum Gasteiger partial charge on any atom is 2.00 e. The molecule has 0 amide bonds. The first kappa shape index (κ1) is 40.9. The van der Waals surface area contributed by atoms with Crippen LogP contribution in [0.4, 0.5) is 0 Å². The zero-order valence-corrected chi connectivity index (χ0v) is 37.5. The van der Waals surface area contributed by atoms with E-state index in [1.807, 2.05) is 24.4 Å². The van der Waals surface area contributed by atoms with Gasteiger partial charge < -0.3 is 9.30 Å². The fraction of sp³-hybridized carbons (Fsp3) is 0.269. The minimum Gasteiger partial charge on any atom is -0.509 e. The third-order valence-electron chi connectivity index (χ3n) is 10.9. The van der Waals surface area contributed by atoms with E-state index in [0.717, 1.165) is 50.3 Å². The Morgan fingerprint density at radius 3 is 1.95 bits per heavy atom. The molecular formula is C52H52N4OPt. The Bertz CT molecular complexity index is 2720. The normalized spacial score (nSPS) is 12.1. The van der Waals surface area contributed by atoms with Crippen molar-refractivity contribution >= 4 is 21.8 Å². The summed E-state index contributed by atoms with van der Waals surface area (Å²) in [5, 5.41) is 7.72. The largest absolute Gasteiger partial charge is 2.00 e. The van der Waals surface area contributed by atoms with Gasteiger partial charge in [-0.05, 0) is 68.8 Å². The molecular weight excluding hydrogens is 892 g/mol. The van der Waals surface area contributed by atoms with Crippen molar-refractivity contribution in [1.82, 2.24) is 19.3 Å². The summed E-state index contributed by atoms with van der Waals surface area (Å²) in [7, 11) is 0. The van der Waals surface area contributed by atoms with Gasteiger partial charge >= 0.3 is 21.1 Å². The van der Waals surface area contributed by atoms with Crippen LogP contribution in [-0.2, 0) is 31.9 Å². The van der Waals surface area contributed by atoms with Crippen LogP contribution < -0.4 is 4.74 Å². The second kappa shape index (κ2) is 15.8. The van der Waals surface area contributed by atoms with Crippen molar-refractivity contribution in [3.63, 3.8) is 0 Å². The van der Waals surface area contributed by atoms with E-state index in [2.05, 4.69) is 188 Å². The summed E-state index contributed by atoms with van der Waals surface area (Å²) in [6.07, 6.45) is 1.90. The van der Waals surface area contributed by atoms with Gasteiger partial charge in [0.2, 0.25) is 0 Å². The molecule has 0 bridgehead atoms. The van der Waals surface area contributed by atoms with Crippen molar-refractivity contribution < 1.29 is 25.8 Å². The molecule has 0 atom stereocenters. The molecule has 3 heterocycles. The maximum atomic E-state index is 6.66. The van der Waals surface area contributed by atoms with Crippen molar-refractivity contribution in [1.29, 1.82) is 0 Å². The van der Waals surface area contributed by atoms with E-state index in [1.54, 1.807) is 0 Å². The molecule has 0 N–H and O–H groups in total. The molecule has 0 fully saturated rings. The molecule has 3 aromatic heterocycles. The molecule has 0 spiro atoms. The summed E-state index contributed by atoms with van der Waals surface area (Å²) < 4.78 is 11.0. The van der Waals surface area contributed by atoms with Gasteiger partial charge in [0.1, 0.15) is 11.5 Å². The van der Waals surface area contributed by atoms with Gasteiger partial charge in [-0.1, -0.05) is 141 Å². The van der Waals surface area contributed by atoms with E-state index >= 15 is 0 Å². The zero-order valence-electron chi connectivity index (χ0n) is 35.2. The Balaban J connectivity index is 0.00000512. The number of hydrogen-bond donors (Lipinski definition) is 0. The average Bonchev–Trinajstić information content (AvgIpc) is 3.75. The molecule has 5 aromatic carbocycles. The molecule has 6 heteroatoms. The van der Waals surface area contributed by atoms with E-state index < -0.39 is 0 Å². The van der Waals surface area contributed by atoms with Gasteiger partial charge in [-0.15, -0.1) is 35.7 Å². The van der Waals surface area contributed by atoms with Crippen LogP contribution in [-0.4, -0.2) is 19.3 Å². The van der Waals surface area contributed by atoms with Gasteiger partial charge in [-0.3, -0.25) is 4.68 Å². The average molecular weight is 944 g/mol. The number of rotatable bonds is 8. The van der Waals surface area contributed by atoms with Crippen molar-refractivity contribution in [2.45, 2.75) is 91.9 Å². The summed E-state index contributed by atoms with van der Waals surface area (Å²) in [6.45, 7) is 22.7.